The highest BCUT2D eigenvalue weighted by atomic mass is 16.5. The summed E-state index contributed by atoms with van der Waals surface area (Å²) in [5.74, 6) is -2.26. The minimum absolute atomic E-state index is 0.148. The lowest BCUT2D eigenvalue weighted by Crippen LogP contribution is -2.24. The van der Waals surface area contributed by atoms with Crippen molar-refractivity contribution in [2.45, 2.75) is 12.8 Å². The largest absolute Gasteiger partial charge is 0.473 e. The highest BCUT2D eigenvalue weighted by Gasteiger charge is 2.26. The Morgan fingerprint density at radius 1 is 1.43 bits per heavy atom. The third kappa shape index (κ3) is 4.10. The van der Waals surface area contributed by atoms with E-state index in [4.69, 9.17) is 15.8 Å². The summed E-state index contributed by atoms with van der Waals surface area (Å²) < 4.78 is 0. The molecule has 0 saturated carbocycles. The molecule has 1 aliphatic heterocycles. The minimum atomic E-state index is -1.25. The maximum Gasteiger partial charge on any atom is 0.411 e. The van der Waals surface area contributed by atoms with E-state index >= 15 is 0 Å². The SMILES string of the molecule is O=C1CCC(=O)N1O.[N-]=[N+]=CC(=O)O. The van der Waals surface area contributed by atoms with Crippen molar-refractivity contribution in [2.24, 2.45) is 0 Å². The van der Waals surface area contributed by atoms with E-state index in [1.54, 1.807) is 0 Å². The lowest BCUT2D eigenvalue weighted by atomic mass is 10.4. The quantitative estimate of drug-likeness (QED) is 0.182. The molecule has 0 spiro atoms. The van der Waals surface area contributed by atoms with Gasteiger partial charge in [-0.3, -0.25) is 14.8 Å². The van der Waals surface area contributed by atoms with E-state index in [1.165, 1.54) is 0 Å². The van der Waals surface area contributed by atoms with E-state index < -0.39 is 17.8 Å². The summed E-state index contributed by atoms with van der Waals surface area (Å²) in [5.41, 5.74) is 7.43. The molecular weight excluding hydrogens is 194 g/mol. The number of hydroxylamine groups is 2. The Hall–Kier alpha value is -2.05. The molecule has 0 aliphatic carbocycles. The number of carbonyl (C=O) groups excluding carboxylic acids is 2. The normalized spacial score (nSPS) is 14.2. The van der Waals surface area contributed by atoms with Crippen LogP contribution in [0.1, 0.15) is 12.8 Å². The van der Waals surface area contributed by atoms with Gasteiger partial charge in [-0.25, -0.2) is 4.79 Å². The topological polar surface area (TPSA) is 131 Å². The Kier molecular flexibility index (Phi) is 4.76. The van der Waals surface area contributed by atoms with Crippen LogP contribution in [0, 0.1) is 0 Å². The highest BCUT2D eigenvalue weighted by molar-refractivity contribution is 6.19. The van der Waals surface area contributed by atoms with E-state index in [0.717, 1.165) is 0 Å². The molecular formula is C6H7N3O5. The van der Waals surface area contributed by atoms with Crippen molar-refractivity contribution < 1.29 is 29.5 Å². The van der Waals surface area contributed by atoms with Crippen molar-refractivity contribution in [1.82, 2.24) is 5.06 Å². The van der Waals surface area contributed by atoms with Crippen LogP contribution in [0.2, 0.25) is 0 Å². The minimum Gasteiger partial charge on any atom is -0.473 e. The van der Waals surface area contributed by atoms with Gasteiger partial charge in [-0.1, -0.05) is 0 Å². The maximum atomic E-state index is 10.2. The molecule has 1 rings (SSSR count). The maximum absolute atomic E-state index is 10.2. The standard InChI is InChI=1S/C4H5NO3.C2H2N2O2/c6-3-1-2-4(7)5(3)8;3-4-1-2(5)6/h8H,1-2H2;1H,(H,5,6). The molecule has 0 aromatic heterocycles. The summed E-state index contributed by atoms with van der Waals surface area (Å²) in [4.78, 5) is 32.0. The molecule has 2 N–H and O–H groups in total. The zero-order valence-corrected chi connectivity index (χ0v) is 6.95. The summed E-state index contributed by atoms with van der Waals surface area (Å²) in [5, 5.41) is 16.2. The van der Waals surface area contributed by atoms with Gasteiger partial charge in [0.05, 0.1) is 0 Å². The third-order valence-corrected chi connectivity index (χ3v) is 1.19. The molecule has 1 heterocycles. The molecule has 0 aromatic carbocycles. The van der Waals surface area contributed by atoms with Gasteiger partial charge in [0.25, 0.3) is 11.8 Å². The Bertz CT molecular complexity index is 291. The van der Waals surface area contributed by atoms with Gasteiger partial charge in [0.15, 0.2) is 0 Å². The van der Waals surface area contributed by atoms with Crippen LogP contribution in [0.25, 0.3) is 5.53 Å². The van der Waals surface area contributed by atoms with Crippen molar-refractivity contribution in [3.8, 4) is 0 Å². The molecule has 1 aliphatic rings. The molecule has 0 radical (unpaired) electrons. The lowest BCUT2D eigenvalue weighted by Gasteiger charge is -1.98. The number of rotatable bonds is 1. The van der Waals surface area contributed by atoms with Crippen LogP contribution in [-0.2, 0) is 14.4 Å². The van der Waals surface area contributed by atoms with Gasteiger partial charge in [-0.15, -0.1) is 0 Å². The number of nitrogens with zero attached hydrogens (tertiary/aromatic N) is 3. The molecule has 1 fully saturated rings. The first-order chi connectivity index (χ1) is 6.49. The number of amides is 2. The zero-order valence-electron chi connectivity index (χ0n) is 6.95. The van der Waals surface area contributed by atoms with Gasteiger partial charge >= 0.3 is 12.2 Å². The van der Waals surface area contributed by atoms with Gasteiger partial charge < -0.3 is 10.6 Å². The molecule has 1 saturated heterocycles. The number of carboxylic acids is 1. The van der Waals surface area contributed by atoms with Crippen LogP contribution in [-0.4, -0.2) is 44.2 Å². The second-order valence-corrected chi connectivity index (χ2v) is 2.18. The van der Waals surface area contributed by atoms with E-state index in [-0.39, 0.29) is 17.9 Å². The lowest BCUT2D eigenvalue weighted by molar-refractivity contribution is -0.171. The summed E-state index contributed by atoms with van der Waals surface area (Å²) in [7, 11) is 0. The van der Waals surface area contributed by atoms with Crippen LogP contribution < -0.4 is 0 Å². The number of hydrogen-bond acceptors (Lipinski definition) is 4. The number of carbonyl (C=O) groups is 3. The van der Waals surface area contributed by atoms with Gasteiger partial charge in [-0.05, 0) is 0 Å². The monoisotopic (exact) mass is 201 g/mol. The Morgan fingerprint density at radius 2 is 1.86 bits per heavy atom. The molecule has 0 aromatic rings. The summed E-state index contributed by atoms with van der Waals surface area (Å²) in [6.45, 7) is 0. The third-order valence-electron chi connectivity index (χ3n) is 1.19. The Morgan fingerprint density at radius 3 is 1.93 bits per heavy atom. The fourth-order valence-electron chi connectivity index (χ4n) is 0.614. The highest BCUT2D eigenvalue weighted by Crippen LogP contribution is 2.06. The summed E-state index contributed by atoms with van der Waals surface area (Å²) in [6.07, 6.45) is 0.685. The van der Waals surface area contributed by atoms with Crippen LogP contribution in [0.5, 0.6) is 0 Å². The number of aliphatic carboxylic acids is 1. The number of hydrogen-bond donors (Lipinski definition) is 2. The van der Waals surface area contributed by atoms with Crippen LogP contribution in [0.3, 0.4) is 0 Å². The molecule has 0 unspecified atom stereocenters. The van der Waals surface area contributed by atoms with Gasteiger partial charge in [0, 0.05) is 12.8 Å². The Labute approximate surface area is 77.9 Å². The van der Waals surface area contributed by atoms with E-state index in [9.17, 15) is 14.4 Å². The first kappa shape index (κ1) is 11.9. The first-order valence-corrected chi connectivity index (χ1v) is 3.44. The number of imide groups is 1. The summed E-state index contributed by atoms with van der Waals surface area (Å²) >= 11 is 0. The molecule has 8 nitrogen and oxygen atoms in total. The molecule has 2 amide bonds. The fourth-order valence-corrected chi connectivity index (χ4v) is 0.614. The van der Waals surface area contributed by atoms with Crippen LogP contribution in [0.4, 0.5) is 0 Å². The van der Waals surface area contributed by atoms with Gasteiger partial charge in [-0.2, -0.15) is 9.85 Å². The molecule has 14 heavy (non-hydrogen) atoms. The second-order valence-electron chi connectivity index (χ2n) is 2.18. The smallest absolute Gasteiger partial charge is 0.411 e. The number of carboxylic acid groups (broad SMARTS) is 1. The van der Waals surface area contributed by atoms with Crippen molar-refractivity contribution in [1.29, 1.82) is 0 Å². The Balaban J connectivity index is 0.000000255. The first-order valence-electron chi connectivity index (χ1n) is 3.44. The summed E-state index contributed by atoms with van der Waals surface area (Å²) in [6, 6.07) is 0. The average molecular weight is 201 g/mol. The van der Waals surface area contributed by atoms with Gasteiger partial charge in [0.1, 0.15) is 0 Å². The van der Waals surface area contributed by atoms with Crippen LogP contribution >= 0.6 is 0 Å². The van der Waals surface area contributed by atoms with E-state index in [2.05, 4.69) is 4.79 Å². The average Bonchev–Trinajstić information content (AvgIpc) is 2.37. The predicted molar refractivity (Wildman–Crippen MR) is 40.2 cm³/mol. The zero-order chi connectivity index (χ0) is 11.1. The van der Waals surface area contributed by atoms with E-state index in [1.807, 2.05) is 0 Å². The van der Waals surface area contributed by atoms with Crippen molar-refractivity contribution in [2.75, 3.05) is 0 Å². The molecule has 76 valence electrons. The predicted octanol–water partition coefficient (Wildman–Crippen LogP) is -1.10. The molecule has 8 heteroatoms. The van der Waals surface area contributed by atoms with Crippen molar-refractivity contribution >= 4 is 24.0 Å². The second kappa shape index (κ2) is 5.57. The van der Waals surface area contributed by atoms with E-state index in [0.29, 0.717) is 6.21 Å². The molecule has 0 bridgehead atoms. The fraction of sp³-hybridized carbons (Fsp3) is 0.333. The van der Waals surface area contributed by atoms with Crippen LogP contribution in [0.15, 0.2) is 0 Å². The van der Waals surface area contributed by atoms with Crippen molar-refractivity contribution in [3.05, 3.63) is 5.53 Å². The van der Waals surface area contributed by atoms with Crippen molar-refractivity contribution in [3.63, 3.8) is 0 Å². The molecule has 0 atom stereocenters. The van der Waals surface area contributed by atoms with Gasteiger partial charge in [0.2, 0.25) is 0 Å².